The fraction of sp³-hybridized carbons (Fsp3) is 0.364. The van der Waals surface area contributed by atoms with Crippen LogP contribution >= 0.6 is 0 Å². The second kappa shape index (κ2) is 7.44. The van der Waals surface area contributed by atoms with Crippen LogP contribution < -0.4 is 5.32 Å². The fourth-order valence-corrected chi connectivity index (χ4v) is 4.33. The standard InChI is InChI=1S/C22H25N7O/c1-28(2)21(30)14-3-6-16(7-4-14)26-22-25-12-18-17(11-24-20(18)27-22)15-5-8-19-23-9-10-29(19)13-15/h5,8-14,16H,3-4,6-7H2,1-2H3,(H2,24,25,26,27). The normalized spacial score (nSPS) is 19.3. The first-order chi connectivity index (χ1) is 14.6. The fourth-order valence-electron chi connectivity index (χ4n) is 4.33. The summed E-state index contributed by atoms with van der Waals surface area (Å²) in [5.41, 5.74) is 3.88. The molecule has 1 fully saturated rings. The van der Waals surface area contributed by atoms with Gasteiger partial charge in [0.2, 0.25) is 11.9 Å². The summed E-state index contributed by atoms with van der Waals surface area (Å²) in [7, 11) is 3.65. The smallest absolute Gasteiger partial charge is 0.225 e. The number of imidazole rings is 1. The minimum Gasteiger partial charge on any atom is -0.351 e. The van der Waals surface area contributed by atoms with Gasteiger partial charge in [0.25, 0.3) is 0 Å². The van der Waals surface area contributed by atoms with Crippen LogP contribution in [0.25, 0.3) is 27.8 Å². The van der Waals surface area contributed by atoms with Gasteiger partial charge in [-0.25, -0.2) is 9.97 Å². The van der Waals surface area contributed by atoms with Crippen molar-refractivity contribution in [2.24, 2.45) is 5.92 Å². The highest BCUT2D eigenvalue weighted by Crippen LogP contribution is 2.30. The Hall–Kier alpha value is -3.42. The van der Waals surface area contributed by atoms with E-state index in [0.29, 0.717) is 12.0 Å². The van der Waals surface area contributed by atoms with E-state index in [1.165, 1.54) is 0 Å². The third kappa shape index (κ3) is 3.38. The van der Waals surface area contributed by atoms with Gasteiger partial charge >= 0.3 is 0 Å². The maximum atomic E-state index is 12.2. The second-order valence-electron chi connectivity index (χ2n) is 8.19. The highest BCUT2D eigenvalue weighted by atomic mass is 16.2. The van der Waals surface area contributed by atoms with Crippen molar-refractivity contribution < 1.29 is 4.79 Å². The highest BCUT2D eigenvalue weighted by molar-refractivity contribution is 5.93. The summed E-state index contributed by atoms with van der Waals surface area (Å²) in [4.78, 5) is 30.7. The van der Waals surface area contributed by atoms with Crippen LogP contribution in [0.2, 0.25) is 0 Å². The quantitative estimate of drug-likeness (QED) is 0.545. The van der Waals surface area contributed by atoms with E-state index < -0.39 is 0 Å². The van der Waals surface area contributed by atoms with Crippen molar-refractivity contribution in [1.82, 2.24) is 29.2 Å². The summed E-state index contributed by atoms with van der Waals surface area (Å²) in [6.07, 6.45) is 13.3. The Balaban J connectivity index is 1.31. The zero-order valence-corrected chi connectivity index (χ0v) is 17.2. The first-order valence-electron chi connectivity index (χ1n) is 10.3. The van der Waals surface area contributed by atoms with Crippen LogP contribution in [-0.4, -0.2) is 55.3 Å². The van der Waals surface area contributed by atoms with Gasteiger partial charge in [0.1, 0.15) is 11.3 Å². The SMILES string of the molecule is CN(C)C(=O)C1CCC(Nc2ncc3c(-c4ccc5nccn5c4)c[nH]c3n2)CC1. The highest BCUT2D eigenvalue weighted by Gasteiger charge is 2.27. The minimum atomic E-state index is 0.139. The van der Waals surface area contributed by atoms with E-state index in [4.69, 9.17) is 0 Å². The van der Waals surface area contributed by atoms with Gasteiger partial charge in [-0.2, -0.15) is 4.98 Å². The molecule has 0 aliphatic heterocycles. The van der Waals surface area contributed by atoms with Crippen LogP contribution in [0.4, 0.5) is 5.95 Å². The number of hydrogen-bond donors (Lipinski definition) is 2. The number of aromatic amines is 1. The Labute approximate surface area is 174 Å². The van der Waals surface area contributed by atoms with Gasteiger partial charge < -0.3 is 19.6 Å². The minimum absolute atomic E-state index is 0.139. The molecule has 2 N–H and O–H groups in total. The predicted octanol–water partition coefficient (Wildman–Crippen LogP) is 3.33. The number of carbonyl (C=O) groups excluding carboxylic acids is 1. The molecule has 1 amide bonds. The maximum Gasteiger partial charge on any atom is 0.225 e. The number of fused-ring (bicyclic) bond motifs is 2. The van der Waals surface area contributed by atoms with E-state index in [0.717, 1.165) is 53.5 Å². The van der Waals surface area contributed by atoms with Gasteiger partial charge in [-0.05, 0) is 37.8 Å². The number of carbonyl (C=O) groups is 1. The lowest BCUT2D eigenvalue weighted by molar-refractivity contribution is -0.133. The third-order valence-electron chi connectivity index (χ3n) is 5.98. The summed E-state index contributed by atoms with van der Waals surface area (Å²) in [6.45, 7) is 0. The molecule has 0 unspecified atom stereocenters. The number of pyridine rings is 1. The number of anilines is 1. The Morgan fingerprint density at radius 3 is 2.83 bits per heavy atom. The second-order valence-corrected chi connectivity index (χ2v) is 8.19. The molecular formula is C22H25N7O. The Morgan fingerprint density at radius 1 is 1.20 bits per heavy atom. The molecule has 1 aliphatic carbocycles. The lowest BCUT2D eigenvalue weighted by atomic mass is 9.85. The predicted molar refractivity (Wildman–Crippen MR) is 116 cm³/mol. The monoisotopic (exact) mass is 403 g/mol. The van der Waals surface area contributed by atoms with Crippen LogP contribution in [-0.2, 0) is 4.79 Å². The van der Waals surface area contributed by atoms with E-state index in [9.17, 15) is 4.79 Å². The van der Waals surface area contributed by atoms with Crippen molar-refractivity contribution >= 4 is 28.5 Å². The zero-order valence-electron chi connectivity index (χ0n) is 17.2. The largest absolute Gasteiger partial charge is 0.351 e. The molecule has 0 radical (unpaired) electrons. The third-order valence-corrected chi connectivity index (χ3v) is 5.98. The van der Waals surface area contributed by atoms with Crippen molar-refractivity contribution in [3.05, 3.63) is 43.1 Å². The van der Waals surface area contributed by atoms with Crippen molar-refractivity contribution in [2.45, 2.75) is 31.7 Å². The van der Waals surface area contributed by atoms with Crippen molar-refractivity contribution in [2.75, 3.05) is 19.4 Å². The first-order valence-corrected chi connectivity index (χ1v) is 10.3. The first kappa shape index (κ1) is 18.6. The topological polar surface area (TPSA) is 91.2 Å². The molecule has 0 saturated heterocycles. The zero-order chi connectivity index (χ0) is 20.7. The summed E-state index contributed by atoms with van der Waals surface area (Å²) >= 11 is 0. The van der Waals surface area contributed by atoms with Crippen molar-refractivity contribution in [3.8, 4) is 11.1 Å². The molecule has 8 nitrogen and oxygen atoms in total. The molecule has 5 rings (SSSR count). The van der Waals surface area contributed by atoms with Crippen LogP contribution in [0.5, 0.6) is 0 Å². The maximum absolute atomic E-state index is 12.2. The molecule has 0 bridgehead atoms. The number of hydrogen-bond acceptors (Lipinski definition) is 5. The molecule has 30 heavy (non-hydrogen) atoms. The van der Waals surface area contributed by atoms with Crippen LogP contribution in [0.15, 0.2) is 43.1 Å². The molecule has 4 aromatic heterocycles. The van der Waals surface area contributed by atoms with Gasteiger partial charge in [0, 0.05) is 73.6 Å². The van der Waals surface area contributed by atoms with Crippen LogP contribution in [0.1, 0.15) is 25.7 Å². The molecule has 0 aromatic carbocycles. The number of nitrogens with one attached hydrogen (secondary N) is 2. The average molecular weight is 403 g/mol. The lowest BCUT2D eigenvalue weighted by Gasteiger charge is -2.29. The molecule has 0 spiro atoms. The van der Waals surface area contributed by atoms with E-state index in [2.05, 4.69) is 37.5 Å². The van der Waals surface area contributed by atoms with Gasteiger partial charge in [-0.15, -0.1) is 0 Å². The summed E-state index contributed by atoms with van der Waals surface area (Å²) in [5, 5.41) is 4.44. The summed E-state index contributed by atoms with van der Waals surface area (Å²) in [5.74, 6) is 1.00. The van der Waals surface area contributed by atoms with E-state index in [1.807, 2.05) is 43.2 Å². The molecule has 0 atom stereocenters. The van der Waals surface area contributed by atoms with Gasteiger partial charge in [0.15, 0.2) is 0 Å². The average Bonchev–Trinajstić information content (AvgIpc) is 3.39. The number of amides is 1. The Morgan fingerprint density at radius 2 is 2.03 bits per heavy atom. The molecule has 1 aliphatic rings. The van der Waals surface area contributed by atoms with Gasteiger partial charge in [-0.1, -0.05) is 0 Å². The number of H-pyrrole nitrogens is 1. The molecular weight excluding hydrogens is 378 g/mol. The van der Waals surface area contributed by atoms with Crippen molar-refractivity contribution in [1.29, 1.82) is 0 Å². The van der Waals surface area contributed by atoms with E-state index in [1.54, 1.807) is 11.1 Å². The van der Waals surface area contributed by atoms with Gasteiger partial charge in [0.05, 0.1) is 0 Å². The number of nitrogens with zero attached hydrogens (tertiary/aromatic N) is 5. The number of rotatable bonds is 4. The molecule has 154 valence electrons. The molecule has 4 heterocycles. The van der Waals surface area contributed by atoms with Gasteiger partial charge in [-0.3, -0.25) is 4.79 Å². The van der Waals surface area contributed by atoms with E-state index >= 15 is 0 Å². The summed E-state index contributed by atoms with van der Waals surface area (Å²) in [6, 6.07) is 4.36. The summed E-state index contributed by atoms with van der Waals surface area (Å²) < 4.78 is 2.00. The van der Waals surface area contributed by atoms with E-state index in [-0.39, 0.29) is 11.8 Å². The van der Waals surface area contributed by atoms with Crippen LogP contribution in [0.3, 0.4) is 0 Å². The van der Waals surface area contributed by atoms with Crippen molar-refractivity contribution in [3.63, 3.8) is 0 Å². The Kier molecular flexibility index (Phi) is 4.61. The Bertz CT molecular complexity index is 1200. The number of aromatic nitrogens is 5. The molecule has 8 heteroatoms. The lowest BCUT2D eigenvalue weighted by Crippen LogP contribution is -2.35. The molecule has 4 aromatic rings. The molecule has 1 saturated carbocycles. The van der Waals surface area contributed by atoms with Crippen LogP contribution in [0, 0.1) is 5.92 Å².